The van der Waals surface area contributed by atoms with Gasteiger partial charge in [0.25, 0.3) is 0 Å². The fourth-order valence-corrected chi connectivity index (χ4v) is 2.41. The number of hydrogen-bond acceptors (Lipinski definition) is 2. The highest BCUT2D eigenvalue weighted by Crippen LogP contribution is 2.26. The summed E-state index contributed by atoms with van der Waals surface area (Å²) in [7, 11) is 0. The van der Waals surface area contributed by atoms with Gasteiger partial charge in [0.05, 0.1) is 11.1 Å². The Hall–Kier alpha value is -2.32. The zero-order chi connectivity index (χ0) is 13.7. The van der Waals surface area contributed by atoms with Crippen LogP contribution in [0.5, 0.6) is 0 Å². The van der Waals surface area contributed by atoms with Gasteiger partial charge in [-0.1, -0.05) is 44.0 Å². The molecule has 0 saturated heterocycles. The lowest BCUT2D eigenvalue weighted by Gasteiger charge is -2.09. The van der Waals surface area contributed by atoms with Crippen LogP contribution in [0.1, 0.15) is 42.9 Å². The molecule has 94 valence electrons. The van der Waals surface area contributed by atoms with Gasteiger partial charge in [-0.15, -0.1) is 0 Å². The molecule has 0 aromatic heterocycles. The standard InChI is InChI=1S/C17H16N2/c1-2-3-4-7-14-10-13-8-5-6-9-15(13)17(12-19)16(14)11-18/h5-6,8-10H,2-4,7H2,1H3. The summed E-state index contributed by atoms with van der Waals surface area (Å²) in [5.41, 5.74) is 2.08. The van der Waals surface area contributed by atoms with Gasteiger partial charge >= 0.3 is 0 Å². The second kappa shape index (κ2) is 6.03. The number of fused-ring (bicyclic) bond motifs is 1. The lowest BCUT2D eigenvalue weighted by molar-refractivity contribution is 0.717. The number of nitriles is 2. The highest BCUT2D eigenvalue weighted by molar-refractivity contribution is 5.91. The van der Waals surface area contributed by atoms with Crippen molar-refractivity contribution in [3.05, 3.63) is 47.0 Å². The Balaban J connectivity index is 2.58. The van der Waals surface area contributed by atoms with Gasteiger partial charge in [0.15, 0.2) is 0 Å². The minimum Gasteiger partial charge on any atom is -0.192 e. The van der Waals surface area contributed by atoms with Crippen LogP contribution in [-0.2, 0) is 6.42 Å². The summed E-state index contributed by atoms with van der Waals surface area (Å²) in [5, 5.41) is 20.6. The molecule has 0 aliphatic heterocycles. The first kappa shape index (κ1) is 13.1. The number of unbranched alkanes of at least 4 members (excludes halogenated alkanes) is 2. The molecule has 2 nitrogen and oxygen atoms in total. The minimum atomic E-state index is 0.520. The molecule has 0 N–H and O–H groups in total. The minimum absolute atomic E-state index is 0.520. The van der Waals surface area contributed by atoms with Crippen molar-refractivity contribution in [3.63, 3.8) is 0 Å². The summed E-state index contributed by atoms with van der Waals surface area (Å²) in [5.74, 6) is 0. The zero-order valence-electron chi connectivity index (χ0n) is 11.1. The van der Waals surface area contributed by atoms with E-state index in [1.165, 1.54) is 0 Å². The Bertz CT molecular complexity index is 672. The number of hydrogen-bond donors (Lipinski definition) is 0. The van der Waals surface area contributed by atoms with Crippen molar-refractivity contribution < 1.29 is 0 Å². The zero-order valence-corrected chi connectivity index (χ0v) is 11.1. The van der Waals surface area contributed by atoms with E-state index in [2.05, 4.69) is 25.1 Å². The van der Waals surface area contributed by atoms with Gasteiger partial charge < -0.3 is 0 Å². The van der Waals surface area contributed by atoms with Crippen LogP contribution in [0.25, 0.3) is 10.8 Å². The molecule has 2 rings (SSSR count). The molecule has 0 bridgehead atoms. The smallest absolute Gasteiger partial charge is 0.101 e. The third-order valence-electron chi connectivity index (χ3n) is 3.40. The van der Waals surface area contributed by atoms with Crippen LogP contribution < -0.4 is 0 Å². The first-order valence-electron chi connectivity index (χ1n) is 6.66. The highest BCUT2D eigenvalue weighted by Gasteiger charge is 2.12. The molecule has 0 amide bonds. The van der Waals surface area contributed by atoms with Crippen LogP contribution in [-0.4, -0.2) is 0 Å². The molecule has 0 spiro atoms. The predicted molar refractivity (Wildman–Crippen MR) is 76.6 cm³/mol. The first-order chi connectivity index (χ1) is 9.31. The second-order valence-electron chi connectivity index (χ2n) is 4.69. The van der Waals surface area contributed by atoms with Gasteiger partial charge in [0.1, 0.15) is 12.1 Å². The van der Waals surface area contributed by atoms with Gasteiger partial charge in [-0.05, 0) is 29.9 Å². The molecule has 19 heavy (non-hydrogen) atoms. The van der Waals surface area contributed by atoms with Crippen LogP contribution in [0.4, 0.5) is 0 Å². The normalized spacial score (nSPS) is 10.1. The van der Waals surface area contributed by atoms with E-state index in [1.807, 2.05) is 24.3 Å². The Morgan fingerprint density at radius 1 is 1.00 bits per heavy atom. The molecule has 0 aliphatic rings. The van der Waals surface area contributed by atoms with E-state index in [0.717, 1.165) is 42.0 Å². The van der Waals surface area contributed by atoms with Crippen molar-refractivity contribution in [3.8, 4) is 12.1 Å². The van der Waals surface area contributed by atoms with E-state index in [4.69, 9.17) is 0 Å². The summed E-state index contributed by atoms with van der Waals surface area (Å²) in [6, 6.07) is 14.2. The van der Waals surface area contributed by atoms with E-state index in [0.29, 0.717) is 11.1 Å². The molecule has 2 heteroatoms. The molecule has 0 heterocycles. The summed E-state index contributed by atoms with van der Waals surface area (Å²) in [4.78, 5) is 0. The molecule has 0 unspecified atom stereocenters. The molecule has 0 saturated carbocycles. The Morgan fingerprint density at radius 2 is 1.74 bits per heavy atom. The van der Waals surface area contributed by atoms with Gasteiger partial charge in [0, 0.05) is 5.39 Å². The van der Waals surface area contributed by atoms with Crippen molar-refractivity contribution in [2.75, 3.05) is 0 Å². The number of nitrogens with zero attached hydrogens (tertiary/aromatic N) is 2. The SMILES string of the molecule is CCCCCc1cc2ccccc2c(C#N)c1C#N. The van der Waals surface area contributed by atoms with Gasteiger partial charge in [0.2, 0.25) is 0 Å². The second-order valence-corrected chi connectivity index (χ2v) is 4.69. The molecular formula is C17H16N2. The summed E-state index contributed by atoms with van der Waals surface area (Å²) >= 11 is 0. The van der Waals surface area contributed by atoms with Crippen LogP contribution in [0, 0.1) is 22.7 Å². The number of aryl methyl sites for hydroxylation is 1. The monoisotopic (exact) mass is 248 g/mol. The molecule has 0 radical (unpaired) electrons. The van der Waals surface area contributed by atoms with Crippen molar-refractivity contribution >= 4 is 10.8 Å². The van der Waals surface area contributed by atoms with Crippen molar-refractivity contribution in [2.45, 2.75) is 32.6 Å². The van der Waals surface area contributed by atoms with E-state index < -0.39 is 0 Å². The Kier molecular flexibility index (Phi) is 4.16. The quantitative estimate of drug-likeness (QED) is 0.757. The van der Waals surface area contributed by atoms with Crippen molar-refractivity contribution in [1.82, 2.24) is 0 Å². The summed E-state index contributed by atoms with van der Waals surface area (Å²) < 4.78 is 0. The molecule has 0 atom stereocenters. The van der Waals surface area contributed by atoms with Crippen molar-refractivity contribution in [2.24, 2.45) is 0 Å². The maximum Gasteiger partial charge on any atom is 0.101 e. The summed E-state index contributed by atoms with van der Waals surface area (Å²) in [6.45, 7) is 2.16. The Labute approximate surface area is 113 Å². The highest BCUT2D eigenvalue weighted by atomic mass is 14.3. The first-order valence-corrected chi connectivity index (χ1v) is 6.66. The molecule has 0 aliphatic carbocycles. The van der Waals surface area contributed by atoms with Gasteiger partial charge in [-0.3, -0.25) is 0 Å². The third-order valence-corrected chi connectivity index (χ3v) is 3.40. The van der Waals surface area contributed by atoms with E-state index in [9.17, 15) is 10.5 Å². The van der Waals surface area contributed by atoms with E-state index >= 15 is 0 Å². The predicted octanol–water partition coefficient (Wildman–Crippen LogP) is 4.32. The van der Waals surface area contributed by atoms with E-state index in [-0.39, 0.29) is 0 Å². The van der Waals surface area contributed by atoms with Crippen LogP contribution in [0.2, 0.25) is 0 Å². The average molecular weight is 248 g/mol. The average Bonchev–Trinajstić information content (AvgIpc) is 2.46. The van der Waals surface area contributed by atoms with Crippen LogP contribution in [0.15, 0.2) is 30.3 Å². The maximum atomic E-state index is 9.35. The fraction of sp³-hybridized carbons (Fsp3) is 0.294. The van der Waals surface area contributed by atoms with Crippen LogP contribution >= 0.6 is 0 Å². The fourth-order valence-electron chi connectivity index (χ4n) is 2.41. The summed E-state index contributed by atoms with van der Waals surface area (Å²) in [6.07, 6.45) is 4.24. The van der Waals surface area contributed by atoms with Crippen LogP contribution in [0.3, 0.4) is 0 Å². The number of rotatable bonds is 4. The van der Waals surface area contributed by atoms with Gasteiger partial charge in [-0.2, -0.15) is 10.5 Å². The lowest BCUT2D eigenvalue weighted by Crippen LogP contribution is -1.96. The topological polar surface area (TPSA) is 47.6 Å². The third kappa shape index (κ3) is 2.59. The van der Waals surface area contributed by atoms with Crippen molar-refractivity contribution in [1.29, 1.82) is 10.5 Å². The Morgan fingerprint density at radius 3 is 2.42 bits per heavy atom. The van der Waals surface area contributed by atoms with Gasteiger partial charge in [-0.25, -0.2) is 0 Å². The van der Waals surface area contributed by atoms with E-state index in [1.54, 1.807) is 0 Å². The molecule has 2 aromatic rings. The molecule has 2 aromatic carbocycles. The number of benzene rings is 2. The maximum absolute atomic E-state index is 9.35. The lowest BCUT2D eigenvalue weighted by atomic mass is 9.92. The largest absolute Gasteiger partial charge is 0.192 e. The molecule has 0 fully saturated rings. The molecular weight excluding hydrogens is 232 g/mol.